The summed E-state index contributed by atoms with van der Waals surface area (Å²) in [6.07, 6.45) is -1.38. The van der Waals surface area contributed by atoms with E-state index in [-0.39, 0.29) is 28.1 Å². The molecule has 1 saturated heterocycles. The molecular formula is C20H42O5Si2. The van der Waals surface area contributed by atoms with Crippen LogP contribution in [-0.2, 0) is 23.1 Å². The predicted octanol–water partition coefficient (Wildman–Crippen LogP) is 4.98. The van der Waals surface area contributed by atoms with Crippen molar-refractivity contribution in [3.8, 4) is 0 Å². The van der Waals surface area contributed by atoms with Crippen LogP contribution in [-0.4, -0.2) is 54.6 Å². The number of hydrogen-bond donors (Lipinski definition) is 0. The van der Waals surface area contributed by atoms with Gasteiger partial charge in [-0.15, -0.1) is 0 Å². The van der Waals surface area contributed by atoms with Crippen LogP contribution in [0.2, 0.25) is 36.3 Å². The van der Waals surface area contributed by atoms with E-state index in [2.05, 4.69) is 74.7 Å². The summed E-state index contributed by atoms with van der Waals surface area (Å²) in [5, 5.41) is -0.0269. The second-order valence-corrected chi connectivity index (χ2v) is 20.4. The third-order valence-electron chi connectivity index (χ3n) is 6.63. The van der Waals surface area contributed by atoms with Gasteiger partial charge in [-0.05, 0) is 36.3 Å². The molecule has 1 fully saturated rings. The Labute approximate surface area is 168 Å². The van der Waals surface area contributed by atoms with Crippen molar-refractivity contribution in [3.05, 3.63) is 0 Å². The maximum Gasteiger partial charge on any atom is 0.324 e. The highest BCUT2D eigenvalue weighted by Crippen LogP contribution is 2.41. The number of rotatable bonds is 5. The molecule has 0 radical (unpaired) electrons. The number of hydrogen-bond acceptors (Lipinski definition) is 5. The van der Waals surface area contributed by atoms with Gasteiger partial charge in [-0.2, -0.15) is 0 Å². The summed E-state index contributed by atoms with van der Waals surface area (Å²) >= 11 is 0. The molecule has 0 N–H and O–H groups in total. The Kier molecular flexibility index (Phi) is 7.59. The molecule has 4 atom stereocenters. The minimum Gasteiger partial charge on any atom is -0.517 e. The van der Waals surface area contributed by atoms with E-state index in [1.165, 1.54) is 0 Å². The lowest BCUT2D eigenvalue weighted by Gasteiger charge is -2.47. The molecule has 1 heterocycles. The first kappa shape index (κ1) is 24.8. The Morgan fingerprint density at radius 1 is 0.926 bits per heavy atom. The van der Waals surface area contributed by atoms with Gasteiger partial charge in [-0.3, -0.25) is 4.79 Å². The zero-order valence-electron chi connectivity index (χ0n) is 19.6. The van der Waals surface area contributed by atoms with Gasteiger partial charge in [0.05, 0.1) is 12.7 Å². The first-order valence-electron chi connectivity index (χ1n) is 9.99. The van der Waals surface area contributed by atoms with Crippen molar-refractivity contribution in [2.24, 2.45) is 5.92 Å². The molecule has 1 rings (SSSR count). The third-order valence-corrected chi connectivity index (χ3v) is 15.4. The Hall–Kier alpha value is -0.216. The van der Waals surface area contributed by atoms with E-state index in [4.69, 9.17) is 18.3 Å². The van der Waals surface area contributed by atoms with E-state index >= 15 is 0 Å². The smallest absolute Gasteiger partial charge is 0.324 e. The first-order valence-corrected chi connectivity index (χ1v) is 15.8. The van der Waals surface area contributed by atoms with Crippen molar-refractivity contribution in [1.82, 2.24) is 0 Å². The quantitative estimate of drug-likeness (QED) is 0.590. The molecule has 5 nitrogen and oxygen atoms in total. The van der Waals surface area contributed by atoms with Crippen LogP contribution in [0.3, 0.4) is 0 Å². The number of methoxy groups -OCH3 is 1. The van der Waals surface area contributed by atoms with E-state index in [0.717, 1.165) is 0 Å². The Morgan fingerprint density at radius 2 is 1.41 bits per heavy atom. The van der Waals surface area contributed by atoms with Crippen LogP contribution in [0, 0.1) is 5.92 Å². The molecular weight excluding hydrogens is 376 g/mol. The van der Waals surface area contributed by atoms with E-state index in [1.807, 2.05) is 0 Å². The molecule has 1 aliphatic rings. The molecule has 0 unspecified atom stereocenters. The SMILES string of the molecule is CO[C@@H]1[C@@H](O[Si](C)(C)C(C)(C)C)[C@H](C(=O)O[Si](C)(C)C(C)(C)C)OC[C@@H]1C. The van der Waals surface area contributed by atoms with Gasteiger partial charge < -0.3 is 18.3 Å². The molecule has 0 saturated carbocycles. The largest absolute Gasteiger partial charge is 0.517 e. The summed E-state index contributed by atoms with van der Waals surface area (Å²) in [5.41, 5.74) is 0. The van der Waals surface area contributed by atoms with Crippen molar-refractivity contribution in [2.45, 2.75) is 103 Å². The highest BCUT2D eigenvalue weighted by Gasteiger charge is 2.51. The predicted molar refractivity (Wildman–Crippen MR) is 115 cm³/mol. The van der Waals surface area contributed by atoms with E-state index < -0.39 is 28.8 Å². The Morgan fingerprint density at radius 3 is 1.81 bits per heavy atom. The molecule has 7 heteroatoms. The Balaban J connectivity index is 3.16. The Bertz CT molecular complexity index is 519. The maximum absolute atomic E-state index is 13.1. The minimum absolute atomic E-state index is 0.0276. The third kappa shape index (κ3) is 5.66. The van der Waals surface area contributed by atoms with Crippen LogP contribution in [0.5, 0.6) is 0 Å². The van der Waals surface area contributed by atoms with Crippen molar-refractivity contribution < 1.29 is 23.1 Å². The van der Waals surface area contributed by atoms with Gasteiger partial charge in [-0.25, -0.2) is 0 Å². The second kappa shape index (κ2) is 8.26. The van der Waals surface area contributed by atoms with Crippen molar-refractivity contribution in [3.63, 3.8) is 0 Å². The van der Waals surface area contributed by atoms with Crippen LogP contribution >= 0.6 is 0 Å². The molecule has 0 amide bonds. The van der Waals surface area contributed by atoms with E-state index in [1.54, 1.807) is 7.11 Å². The summed E-state index contributed by atoms with van der Waals surface area (Å²) in [4.78, 5) is 13.1. The van der Waals surface area contributed by atoms with Crippen molar-refractivity contribution in [1.29, 1.82) is 0 Å². The summed E-state index contributed by atoms with van der Waals surface area (Å²) in [7, 11) is -2.67. The normalized spacial score (nSPS) is 28.1. The number of carbonyl (C=O) groups excluding carboxylic acids is 1. The molecule has 160 valence electrons. The fourth-order valence-corrected chi connectivity index (χ4v) is 4.84. The molecule has 1 aliphatic heterocycles. The van der Waals surface area contributed by atoms with Gasteiger partial charge in [-0.1, -0.05) is 48.5 Å². The monoisotopic (exact) mass is 418 g/mol. The summed E-state index contributed by atoms with van der Waals surface area (Å²) in [5.74, 6) is -0.152. The molecule has 0 aromatic heterocycles. The van der Waals surface area contributed by atoms with Crippen LogP contribution in [0.15, 0.2) is 0 Å². The fraction of sp³-hybridized carbons (Fsp3) is 0.950. The van der Waals surface area contributed by atoms with Crippen molar-refractivity contribution >= 4 is 22.6 Å². The highest BCUT2D eigenvalue weighted by molar-refractivity contribution is 6.75. The second-order valence-electron chi connectivity index (χ2n) is 11.0. The average Bonchev–Trinajstić information content (AvgIpc) is 2.44. The highest BCUT2D eigenvalue weighted by atomic mass is 28.4. The standard InChI is InChI=1S/C20H42O5Si2/c1-14-13-23-17(18(21)25-27(11,12)20(5,6)7)16(15(14)22-8)24-26(9,10)19(2,3)4/h14-17H,13H2,1-12H3/t14-,15-,16+,17+/m0/s1. The van der Waals surface area contributed by atoms with E-state index in [9.17, 15) is 4.79 Å². The molecule has 0 bridgehead atoms. The molecule has 0 aromatic rings. The van der Waals surface area contributed by atoms with Gasteiger partial charge in [0, 0.05) is 13.0 Å². The maximum atomic E-state index is 13.1. The first-order chi connectivity index (χ1) is 11.9. The van der Waals surface area contributed by atoms with Crippen LogP contribution < -0.4 is 0 Å². The lowest BCUT2D eigenvalue weighted by atomic mass is 9.93. The topological polar surface area (TPSA) is 54.0 Å². The van der Waals surface area contributed by atoms with Gasteiger partial charge in [0.25, 0.3) is 8.32 Å². The number of carbonyl (C=O) groups is 1. The average molecular weight is 419 g/mol. The van der Waals surface area contributed by atoms with Gasteiger partial charge in [0.15, 0.2) is 14.4 Å². The number of ether oxygens (including phenoxy) is 2. The van der Waals surface area contributed by atoms with E-state index in [0.29, 0.717) is 6.61 Å². The fourth-order valence-electron chi connectivity index (χ4n) is 2.62. The van der Waals surface area contributed by atoms with Crippen molar-refractivity contribution in [2.75, 3.05) is 13.7 Å². The summed E-state index contributed by atoms with van der Waals surface area (Å²) in [6, 6.07) is 0. The van der Waals surface area contributed by atoms with Gasteiger partial charge in [0.1, 0.15) is 6.10 Å². The summed E-state index contributed by atoms with van der Waals surface area (Å²) < 4.78 is 24.5. The van der Waals surface area contributed by atoms with Crippen LogP contribution in [0.4, 0.5) is 0 Å². The zero-order chi connectivity index (χ0) is 21.4. The van der Waals surface area contributed by atoms with Crippen LogP contribution in [0.25, 0.3) is 0 Å². The lowest BCUT2D eigenvalue weighted by Crippen LogP contribution is -2.60. The molecule has 27 heavy (non-hydrogen) atoms. The van der Waals surface area contributed by atoms with Gasteiger partial charge >= 0.3 is 5.97 Å². The lowest BCUT2D eigenvalue weighted by molar-refractivity contribution is -0.188. The molecule has 0 spiro atoms. The molecule has 0 aromatic carbocycles. The molecule has 0 aliphatic carbocycles. The summed E-state index contributed by atoms with van der Waals surface area (Å²) in [6.45, 7) is 24.0. The van der Waals surface area contributed by atoms with Crippen LogP contribution in [0.1, 0.15) is 48.5 Å². The van der Waals surface area contributed by atoms with Gasteiger partial charge in [0.2, 0.25) is 0 Å². The minimum atomic E-state index is -2.24. The zero-order valence-corrected chi connectivity index (χ0v) is 21.6.